The molecular weight excluding hydrogens is 258 g/mol. The summed E-state index contributed by atoms with van der Waals surface area (Å²) in [5, 5.41) is 5.42. The summed E-state index contributed by atoms with van der Waals surface area (Å²) >= 11 is 1.81. The van der Waals surface area contributed by atoms with Crippen LogP contribution in [0.5, 0.6) is 5.88 Å². The predicted octanol–water partition coefficient (Wildman–Crippen LogP) is 2.83. The maximum absolute atomic E-state index is 5.27. The van der Waals surface area contributed by atoms with Crippen LogP contribution in [0.4, 0.5) is 0 Å². The Bertz CT molecular complexity index is 487. The Hall–Kier alpha value is -1.46. The van der Waals surface area contributed by atoms with Crippen LogP contribution in [0.1, 0.15) is 29.5 Å². The molecule has 0 aliphatic rings. The molecule has 1 N–H and O–H groups in total. The van der Waals surface area contributed by atoms with Crippen molar-refractivity contribution < 1.29 is 4.74 Å². The molecular formula is C14H19N3OS. The zero-order chi connectivity index (χ0) is 13.5. The van der Waals surface area contributed by atoms with Crippen LogP contribution in [0.3, 0.4) is 0 Å². The third kappa shape index (κ3) is 3.75. The average molecular weight is 277 g/mol. The Morgan fingerprint density at radius 3 is 2.89 bits per heavy atom. The zero-order valence-electron chi connectivity index (χ0n) is 11.3. The summed E-state index contributed by atoms with van der Waals surface area (Å²) in [5.41, 5.74) is 0.888. The minimum absolute atomic E-state index is 0.184. The highest BCUT2D eigenvalue weighted by Crippen LogP contribution is 2.24. The molecule has 0 aliphatic heterocycles. The maximum atomic E-state index is 5.27. The largest absolute Gasteiger partial charge is 0.480 e. The van der Waals surface area contributed by atoms with Gasteiger partial charge in [0.15, 0.2) is 0 Å². The molecule has 2 rings (SSSR count). The van der Waals surface area contributed by atoms with Crippen molar-refractivity contribution >= 4 is 11.3 Å². The maximum Gasteiger partial charge on any atom is 0.236 e. The second kappa shape index (κ2) is 7.21. The van der Waals surface area contributed by atoms with Gasteiger partial charge >= 0.3 is 0 Å². The van der Waals surface area contributed by atoms with Crippen LogP contribution < -0.4 is 10.1 Å². The SMILES string of the molecule is CNC(CCCc1cccs1)c1nccnc1OC. The molecule has 0 saturated carbocycles. The van der Waals surface area contributed by atoms with Gasteiger partial charge in [-0.1, -0.05) is 6.07 Å². The van der Waals surface area contributed by atoms with Crippen LogP contribution in [-0.2, 0) is 6.42 Å². The molecule has 0 amide bonds. The summed E-state index contributed by atoms with van der Waals surface area (Å²) in [7, 11) is 3.58. The van der Waals surface area contributed by atoms with Crippen molar-refractivity contribution in [1.29, 1.82) is 0 Å². The first kappa shape index (κ1) is 14.0. The van der Waals surface area contributed by atoms with Crippen LogP contribution in [-0.4, -0.2) is 24.1 Å². The molecule has 0 spiro atoms. The molecule has 5 heteroatoms. The molecule has 0 radical (unpaired) electrons. The summed E-state index contributed by atoms with van der Waals surface area (Å²) in [6.45, 7) is 0. The van der Waals surface area contributed by atoms with E-state index in [9.17, 15) is 0 Å². The highest BCUT2D eigenvalue weighted by molar-refractivity contribution is 7.09. The van der Waals surface area contributed by atoms with Gasteiger partial charge in [0, 0.05) is 17.3 Å². The monoisotopic (exact) mass is 277 g/mol. The minimum Gasteiger partial charge on any atom is -0.480 e. The second-order valence-electron chi connectivity index (χ2n) is 4.26. The van der Waals surface area contributed by atoms with Gasteiger partial charge in [0.05, 0.1) is 13.2 Å². The number of rotatable bonds is 7. The first-order valence-corrected chi connectivity index (χ1v) is 7.27. The smallest absolute Gasteiger partial charge is 0.236 e. The van der Waals surface area contributed by atoms with E-state index in [0.717, 1.165) is 25.0 Å². The van der Waals surface area contributed by atoms with E-state index in [-0.39, 0.29) is 6.04 Å². The fraction of sp³-hybridized carbons (Fsp3) is 0.429. The van der Waals surface area contributed by atoms with Crippen LogP contribution in [0.15, 0.2) is 29.9 Å². The van der Waals surface area contributed by atoms with Crippen molar-refractivity contribution in [2.45, 2.75) is 25.3 Å². The fourth-order valence-corrected chi connectivity index (χ4v) is 2.84. The minimum atomic E-state index is 0.184. The Labute approximate surface area is 117 Å². The number of ether oxygens (including phenoxy) is 1. The van der Waals surface area contributed by atoms with Crippen molar-refractivity contribution in [2.24, 2.45) is 0 Å². The average Bonchev–Trinajstić information content (AvgIpc) is 2.97. The molecule has 0 fully saturated rings. The summed E-state index contributed by atoms with van der Waals surface area (Å²) in [4.78, 5) is 10.0. The molecule has 2 aromatic heterocycles. The first-order chi connectivity index (χ1) is 9.35. The van der Waals surface area contributed by atoms with Gasteiger partial charge in [-0.05, 0) is 37.8 Å². The van der Waals surface area contributed by atoms with Crippen molar-refractivity contribution in [3.8, 4) is 5.88 Å². The Morgan fingerprint density at radius 2 is 2.21 bits per heavy atom. The van der Waals surface area contributed by atoms with Gasteiger partial charge in [-0.25, -0.2) is 4.98 Å². The number of aryl methyl sites for hydroxylation is 1. The molecule has 0 bridgehead atoms. The van der Waals surface area contributed by atoms with Crippen LogP contribution >= 0.6 is 11.3 Å². The molecule has 0 saturated heterocycles. The first-order valence-electron chi connectivity index (χ1n) is 6.39. The van der Waals surface area contributed by atoms with Gasteiger partial charge in [-0.3, -0.25) is 4.98 Å². The van der Waals surface area contributed by atoms with Gasteiger partial charge in [0.25, 0.3) is 0 Å². The predicted molar refractivity (Wildman–Crippen MR) is 77.6 cm³/mol. The number of nitrogens with zero attached hydrogens (tertiary/aromatic N) is 2. The molecule has 1 atom stereocenters. The highest BCUT2D eigenvalue weighted by Gasteiger charge is 2.16. The number of hydrogen-bond donors (Lipinski definition) is 1. The number of thiophene rings is 1. The molecule has 4 nitrogen and oxygen atoms in total. The Kier molecular flexibility index (Phi) is 5.30. The van der Waals surface area contributed by atoms with E-state index < -0.39 is 0 Å². The standard InChI is InChI=1S/C14H19N3OS/c1-15-12(7-3-5-11-6-4-10-19-11)13-14(18-2)17-9-8-16-13/h4,6,8-10,12,15H,3,5,7H2,1-2H3. The van der Waals surface area contributed by atoms with E-state index in [1.807, 2.05) is 18.4 Å². The molecule has 2 aromatic rings. The third-order valence-electron chi connectivity index (χ3n) is 3.06. The quantitative estimate of drug-likeness (QED) is 0.845. The molecule has 0 aliphatic carbocycles. The van der Waals surface area contributed by atoms with Gasteiger partial charge in [-0.15, -0.1) is 11.3 Å². The summed E-state index contributed by atoms with van der Waals surface area (Å²) in [6.07, 6.45) is 6.61. The summed E-state index contributed by atoms with van der Waals surface area (Å²) in [5.74, 6) is 0.609. The van der Waals surface area contributed by atoms with Gasteiger partial charge in [-0.2, -0.15) is 0 Å². The van der Waals surface area contributed by atoms with E-state index in [0.29, 0.717) is 5.88 Å². The zero-order valence-corrected chi connectivity index (χ0v) is 12.1. The lowest BCUT2D eigenvalue weighted by Gasteiger charge is -2.16. The highest BCUT2D eigenvalue weighted by atomic mass is 32.1. The fourth-order valence-electron chi connectivity index (χ4n) is 2.09. The van der Waals surface area contributed by atoms with Crippen molar-refractivity contribution in [1.82, 2.24) is 15.3 Å². The van der Waals surface area contributed by atoms with Crippen LogP contribution in [0, 0.1) is 0 Å². The van der Waals surface area contributed by atoms with E-state index in [2.05, 4.69) is 32.8 Å². The second-order valence-corrected chi connectivity index (χ2v) is 5.30. The lowest BCUT2D eigenvalue weighted by atomic mass is 10.1. The van der Waals surface area contributed by atoms with E-state index in [1.165, 1.54) is 4.88 Å². The van der Waals surface area contributed by atoms with E-state index in [4.69, 9.17) is 4.74 Å². The Morgan fingerprint density at radius 1 is 1.37 bits per heavy atom. The van der Waals surface area contributed by atoms with E-state index >= 15 is 0 Å². The molecule has 1 unspecified atom stereocenters. The molecule has 102 valence electrons. The summed E-state index contributed by atoms with van der Waals surface area (Å²) < 4.78 is 5.27. The van der Waals surface area contributed by atoms with Gasteiger partial charge < -0.3 is 10.1 Å². The lowest BCUT2D eigenvalue weighted by molar-refractivity contribution is 0.375. The van der Waals surface area contributed by atoms with Crippen molar-refractivity contribution in [3.63, 3.8) is 0 Å². The number of methoxy groups -OCH3 is 1. The normalized spacial score (nSPS) is 12.3. The number of aromatic nitrogens is 2. The van der Waals surface area contributed by atoms with E-state index in [1.54, 1.807) is 19.5 Å². The molecule has 0 aromatic carbocycles. The number of hydrogen-bond acceptors (Lipinski definition) is 5. The molecule has 2 heterocycles. The Balaban J connectivity index is 1.95. The third-order valence-corrected chi connectivity index (χ3v) is 4.00. The van der Waals surface area contributed by atoms with Crippen LogP contribution in [0.2, 0.25) is 0 Å². The summed E-state index contributed by atoms with van der Waals surface area (Å²) in [6, 6.07) is 4.46. The van der Waals surface area contributed by atoms with Gasteiger partial charge in [0.2, 0.25) is 5.88 Å². The number of nitrogens with one attached hydrogen (secondary N) is 1. The van der Waals surface area contributed by atoms with Gasteiger partial charge in [0.1, 0.15) is 5.69 Å². The molecule has 19 heavy (non-hydrogen) atoms. The lowest BCUT2D eigenvalue weighted by Crippen LogP contribution is -2.19. The topological polar surface area (TPSA) is 47.0 Å². The van der Waals surface area contributed by atoms with Crippen LogP contribution in [0.25, 0.3) is 0 Å². The van der Waals surface area contributed by atoms with Crippen molar-refractivity contribution in [3.05, 3.63) is 40.5 Å². The van der Waals surface area contributed by atoms with Crippen molar-refractivity contribution in [2.75, 3.05) is 14.2 Å².